The predicted octanol–water partition coefficient (Wildman–Crippen LogP) is 7.16. The summed E-state index contributed by atoms with van der Waals surface area (Å²) in [5.41, 5.74) is -2.02. The summed E-state index contributed by atoms with van der Waals surface area (Å²) in [6, 6.07) is 5.67. The Hall–Kier alpha value is -1.56. The maximum absolute atomic E-state index is 15.8. The van der Waals surface area contributed by atoms with E-state index in [-0.39, 0.29) is 5.78 Å². The van der Waals surface area contributed by atoms with Gasteiger partial charge in [-0.25, -0.2) is 0 Å². The Bertz CT molecular complexity index is 1490. The van der Waals surface area contributed by atoms with Crippen molar-refractivity contribution in [2.75, 3.05) is 21.3 Å². The molecule has 4 rings (SSSR count). The van der Waals surface area contributed by atoms with Crippen LogP contribution in [0, 0.1) is 0 Å². The third kappa shape index (κ3) is 6.43. The highest BCUT2D eigenvalue weighted by Gasteiger charge is 2.75. The second-order valence-electron chi connectivity index (χ2n) is 16.7. The molecule has 0 unspecified atom stereocenters. The number of methoxy groups -OCH3 is 3. The topological polar surface area (TPSA) is 102 Å². The Morgan fingerprint density at radius 2 is 1.26 bits per heavy atom. The van der Waals surface area contributed by atoms with Crippen molar-refractivity contribution in [3.8, 4) is 17.2 Å². The summed E-state index contributed by atoms with van der Waals surface area (Å²) in [4.78, 5) is 15.8. The number of ketones is 1. The van der Waals surface area contributed by atoms with Crippen LogP contribution in [0.5, 0.6) is 17.2 Å². The van der Waals surface area contributed by atoms with Crippen molar-refractivity contribution in [2.45, 2.75) is 121 Å². The molecule has 46 heavy (non-hydrogen) atoms. The van der Waals surface area contributed by atoms with Crippen LogP contribution in [-0.4, -0.2) is 95.0 Å². The number of carbonyl (C=O) groups is 1. The number of carbonyl (C=O) groups excluding carboxylic acids is 1. The summed E-state index contributed by atoms with van der Waals surface area (Å²) in [7, 11) is -4.99. The summed E-state index contributed by atoms with van der Waals surface area (Å²) in [6.45, 7) is 26.9. The summed E-state index contributed by atoms with van der Waals surface area (Å²) >= 11 is 0. The van der Waals surface area contributed by atoms with Crippen LogP contribution >= 0.6 is 0 Å². The molecule has 0 heterocycles. The fourth-order valence-electron chi connectivity index (χ4n) is 7.45. The molecule has 0 amide bonds. The molecule has 2 aromatic carbocycles. The number of ether oxygens (including phenoxy) is 3. The summed E-state index contributed by atoms with van der Waals surface area (Å²) in [5, 5.41) is 14.1. The van der Waals surface area contributed by atoms with Gasteiger partial charge in [0.15, 0.2) is 38.9 Å². The molecular formula is C33H56O9Si4. The fraction of sp³-hybridized carbons (Fsp3) is 0.667. The van der Waals surface area contributed by atoms with Crippen molar-refractivity contribution in [3.63, 3.8) is 0 Å². The van der Waals surface area contributed by atoms with Crippen molar-refractivity contribution >= 4 is 49.8 Å². The minimum absolute atomic E-state index is 0.275. The molecule has 0 saturated heterocycles. The number of rotatable bonds is 11. The largest absolute Gasteiger partial charge is 0.496 e. The molecule has 1 fully saturated rings. The lowest BCUT2D eigenvalue weighted by Crippen LogP contribution is -2.78. The van der Waals surface area contributed by atoms with E-state index < -0.39 is 68.7 Å². The first-order chi connectivity index (χ1) is 20.9. The maximum atomic E-state index is 15.8. The highest BCUT2D eigenvalue weighted by molar-refractivity contribution is 6.71. The van der Waals surface area contributed by atoms with Gasteiger partial charge < -0.3 is 37.0 Å². The molecule has 2 aliphatic carbocycles. The van der Waals surface area contributed by atoms with Gasteiger partial charge in [-0.3, -0.25) is 4.79 Å². The third-order valence-electron chi connectivity index (χ3n) is 8.32. The predicted molar refractivity (Wildman–Crippen MR) is 193 cm³/mol. The van der Waals surface area contributed by atoms with E-state index in [0.717, 1.165) is 5.39 Å². The summed E-state index contributed by atoms with van der Waals surface area (Å²) < 4.78 is 46.7. The SMILES string of the molecule is COc1c2c(c(OC)c3c(OC)cccc13)C(=O)[C@@]1(O[Si](C)(C)C)[C@@H]2[C@H](O[Si](C)(C)C)[C@H](O)[C@](C)(O[Si](C)(C)C)[C@@H]1O[Si](C)(C)C. The first-order valence-electron chi connectivity index (χ1n) is 16.1. The standard InChI is InChI=1S/C33H56O9Si4/c1-32(41-45(11,12)13)30(35)28(39-43(5,6)7)25-23-24(27(38-4)22-20(26(23)37-3)18-17-19-21(22)36-2)29(34)33(25,42-46(14,15)16)31(32)40-44(8,9)10/h17-19,25,28,30-31,35H,1-16H3/t25-,28-,30-,31-,32-,33-/m0/s1. The Morgan fingerprint density at radius 3 is 1.72 bits per heavy atom. The lowest BCUT2D eigenvalue weighted by Gasteiger charge is -2.61. The average Bonchev–Trinajstić information content (AvgIpc) is 3.13. The van der Waals surface area contributed by atoms with Gasteiger partial charge in [-0.2, -0.15) is 0 Å². The van der Waals surface area contributed by atoms with E-state index >= 15 is 4.79 Å². The second kappa shape index (κ2) is 12.1. The van der Waals surface area contributed by atoms with E-state index in [1.54, 1.807) is 21.3 Å². The van der Waals surface area contributed by atoms with Gasteiger partial charge >= 0.3 is 0 Å². The molecule has 0 aromatic heterocycles. The molecule has 0 aliphatic heterocycles. The quantitative estimate of drug-likeness (QED) is 0.244. The average molecular weight is 709 g/mol. The van der Waals surface area contributed by atoms with E-state index in [0.29, 0.717) is 33.8 Å². The molecule has 9 nitrogen and oxygen atoms in total. The van der Waals surface area contributed by atoms with Crippen molar-refractivity contribution in [3.05, 3.63) is 29.3 Å². The van der Waals surface area contributed by atoms with Crippen LogP contribution in [0.2, 0.25) is 78.6 Å². The van der Waals surface area contributed by atoms with Crippen LogP contribution in [0.4, 0.5) is 0 Å². The van der Waals surface area contributed by atoms with Gasteiger partial charge in [-0.05, 0) is 91.6 Å². The van der Waals surface area contributed by atoms with Crippen molar-refractivity contribution in [2.24, 2.45) is 0 Å². The Kier molecular flexibility index (Phi) is 9.79. The highest BCUT2D eigenvalue weighted by Crippen LogP contribution is 2.63. The van der Waals surface area contributed by atoms with Crippen molar-refractivity contribution in [1.29, 1.82) is 0 Å². The number of aliphatic hydroxyl groups excluding tert-OH is 1. The smallest absolute Gasteiger partial charge is 0.201 e. The summed E-state index contributed by atoms with van der Waals surface area (Å²) in [6.07, 6.45) is -3.00. The van der Waals surface area contributed by atoms with E-state index in [9.17, 15) is 5.11 Å². The van der Waals surface area contributed by atoms with E-state index in [4.69, 9.17) is 31.9 Å². The van der Waals surface area contributed by atoms with Gasteiger partial charge in [-0.1, -0.05) is 12.1 Å². The molecule has 2 aromatic rings. The van der Waals surface area contributed by atoms with Crippen molar-refractivity contribution in [1.82, 2.24) is 0 Å². The number of hydrogen-bond donors (Lipinski definition) is 1. The normalized spacial score (nSPS) is 28.7. The zero-order valence-corrected chi connectivity index (χ0v) is 34.8. The van der Waals surface area contributed by atoms with Gasteiger partial charge in [0.1, 0.15) is 35.1 Å². The molecule has 0 bridgehead atoms. The molecule has 13 heteroatoms. The van der Waals surface area contributed by atoms with Crippen LogP contribution in [0.1, 0.15) is 28.8 Å². The lowest BCUT2D eigenvalue weighted by atomic mass is 9.64. The molecule has 0 radical (unpaired) electrons. The lowest BCUT2D eigenvalue weighted by molar-refractivity contribution is -0.232. The molecule has 0 spiro atoms. The Balaban J connectivity index is 2.30. The molecule has 1 saturated carbocycles. The first-order valence-corrected chi connectivity index (χ1v) is 29.7. The Labute approximate surface area is 279 Å². The number of hydrogen-bond acceptors (Lipinski definition) is 9. The van der Waals surface area contributed by atoms with Crippen LogP contribution < -0.4 is 14.2 Å². The fourth-order valence-corrected chi connectivity index (χ4v) is 12.5. The van der Waals surface area contributed by atoms with Crippen molar-refractivity contribution < 1.29 is 41.8 Å². The van der Waals surface area contributed by atoms with Gasteiger partial charge in [0, 0.05) is 10.9 Å². The van der Waals surface area contributed by atoms with E-state index in [1.807, 2.05) is 25.1 Å². The minimum Gasteiger partial charge on any atom is -0.496 e. The molecular weight excluding hydrogens is 653 g/mol. The monoisotopic (exact) mass is 708 g/mol. The zero-order chi connectivity index (χ0) is 35.0. The van der Waals surface area contributed by atoms with E-state index in [2.05, 4.69) is 78.6 Å². The Morgan fingerprint density at radius 1 is 0.717 bits per heavy atom. The highest BCUT2D eigenvalue weighted by atomic mass is 28.4. The maximum Gasteiger partial charge on any atom is 0.201 e. The minimum atomic E-state index is -2.56. The number of aliphatic hydroxyl groups is 1. The summed E-state index contributed by atoms with van der Waals surface area (Å²) in [5.74, 6) is 0.365. The number of Topliss-reactive ketones (excluding diaryl/α,β-unsaturated/α-hetero) is 1. The zero-order valence-electron chi connectivity index (χ0n) is 30.8. The van der Waals surface area contributed by atoms with Crippen LogP contribution in [0.25, 0.3) is 10.8 Å². The van der Waals surface area contributed by atoms with Gasteiger partial charge in [0.05, 0.1) is 44.3 Å². The molecule has 258 valence electrons. The van der Waals surface area contributed by atoms with E-state index in [1.165, 1.54) is 0 Å². The number of benzene rings is 2. The van der Waals surface area contributed by atoms with Crippen LogP contribution in [-0.2, 0) is 17.7 Å². The van der Waals surface area contributed by atoms with Gasteiger partial charge in [0.2, 0.25) is 5.78 Å². The van der Waals surface area contributed by atoms with Gasteiger partial charge in [-0.15, -0.1) is 0 Å². The van der Waals surface area contributed by atoms with Crippen LogP contribution in [0.3, 0.4) is 0 Å². The van der Waals surface area contributed by atoms with Gasteiger partial charge in [0.25, 0.3) is 0 Å². The first kappa shape index (κ1) is 37.3. The molecule has 1 N–H and O–H groups in total. The molecule has 6 atom stereocenters. The second-order valence-corrected chi connectivity index (χ2v) is 34.5. The third-order valence-corrected chi connectivity index (χ3v) is 12.2. The molecule has 2 aliphatic rings. The van der Waals surface area contributed by atoms with Crippen LogP contribution in [0.15, 0.2) is 18.2 Å². The number of fused-ring (bicyclic) bond motifs is 4.